The Kier molecular flexibility index (Phi) is 3.41. The summed E-state index contributed by atoms with van der Waals surface area (Å²) in [7, 11) is 0. The normalized spacial score (nSPS) is 14.3. The highest BCUT2D eigenvalue weighted by molar-refractivity contribution is 5.20. The van der Waals surface area contributed by atoms with Crippen LogP contribution in [0.15, 0.2) is 18.2 Å². The van der Waals surface area contributed by atoms with Gasteiger partial charge in [0, 0.05) is 0 Å². The van der Waals surface area contributed by atoms with E-state index >= 15 is 0 Å². The van der Waals surface area contributed by atoms with E-state index in [4.69, 9.17) is 5.26 Å². The largest absolute Gasteiger partial charge is 0.204 e. The Labute approximate surface area is 88.3 Å². The zero-order chi connectivity index (χ0) is 11.5. The molecule has 1 aromatic rings. The second-order valence-electron chi connectivity index (χ2n) is 3.95. The van der Waals surface area contributed by atoms with Gasteiger partial charge in [0.1, 0.15) is 0 Å². The minimum absolute atomic E-state index is 0.442. The number of halogens is 2. The van der Waals surface area contributed by atoms with Crippen LogP contribution in [0.25, 0.3) is 0 Å². The minimum Gasteiger partial charge on any atom is -0.204 e. The lowest BCUT2D eigenvalue weighted by molar-refractivity contribution is 0.420. The molecule has 0 spiro atoms. The van der Waals surface area contributed by atoms with E-state index < -0.39 is 17.0 Å². The number of benzene rings is 1. The van der Waals surface area contributed by atoms with Gasteiger partial charge in [-0.05, 0) is 37.5 Å². The molecule has 0 saturated heterocycles. The van der Waals surface area contributed by atoms with Gasteiger partial charge in [0.2, 0.25) is 0 Å². The summed E-state index contributed by atoms with van der Waals surface area (Å²) in [5.41, 5.74) is 0.143. The Morgan fingerprint density at radius 3 is 2.47 bits per heavy atom. The van der Waals surface area contributed by atoms with Gasteiger partial charge in [0.15, 0.2) is 11.6 Å². The van der Waals surface area contributed by atoms with Crippen LogP contribution in [-0.2, 0) is 6.42 Å². The first-order chi connectivity index (χ1) is 7.00. The van der Waals surface area contributed by atoms with Crippen molar-refractivity contribution in [3.8, 4) is 6.07 Å². The van der Waals surface area contributed by atoms with Gasteiger partial charge < -0.3 is 0 Å². The molecule has 1 atom stereocenters. The van der Waals surface area contributed by atoms with Gasteiger partial charge in [0.05, 0.1) is 11.5 Å². The van der Waals surface area contributed by atoms with Gasteiger partial charge in [0.25, 0.3) is 0 Å². The second kappa shape index (κ2) is 4.39. The van der Waals surface area contributed by atoms with Crippen molar-refractivity contribution < 1.29 is 8.78 Å². The van der Waals surface area contributed by atoms with Crippen LogP contribution in [0.2, 0.25) is 0 Å². The molecule has 0 aliphatic heterocycles. The summed E-state index contributed by atoms with van der Waals surface area (Å²) in [4.78, 5) is 0. The van der Waals surface area contributed by atoms with Crippen LogP contribution < -0.4 is 0 Å². The van der Waals surface area contributed by atoms with Crippen LogP contribution >= 0.6 is 0 Å². The quantitative estimate of drug-likeness (QED) is 0.748. The molecule has 1 rings (SSSR count). The lowest BCUT2D eigenvalue weighted by Crippen LogP contribution is -2.15. The van der Waals surface area contributed by atoms with E-state index in [1.807, 2.05) is 13.8 Å². The zero-order valence-corrected chi connectivity index (χ0v) is 8.85. The number of hydrogen-bond acceptors (Lipinski definition) is 1. The van der Waals surface area contributed by atoms with Gasteiger partial charge in [-0.2, -0.15) is 5.26 Å². The number of hydrogen-bond donors (Lipinski definition) is 0. The summed E-state index contributed by atoms with van der Waals surface area (Å²) in [6.45, 7) is 3.72. The zero-order valence-electron chi connectivity index (χ0n) is 8.85. The van der Waals surface area contributed by atoms with Gasteiger partial charge in [-0.25, -0.2) is 8.78 Å². The van der Waals surface area contributed by atoms with Gasteiger partial charge in [-0.15, -0.1) is 0 Å². The Balaban J connectivity index is 2.91. The van der Waals surface area contributed by atoms with Gasteiger partial charge in [-0.3, -0.25) is 0 Å². The maximum Gasteiger partial charge on any atom is 0.159 e. The Morgan fingerprint density at radius 1 is 1.33 bits per heavy atom. The number of nitriles is 1. The molecule has 0 fully saturated rings. The van der Waals surface area contributed by atoms with E-state index in [1.165, 1.54) is 6.07 Å². The van der Waals surface area contributed by atoms with Crippen molar-refractivity contribution in [3.63, 3.8) is 0 Å². The van der Waals surface area contributed by atoms with Crippen LogP contribution in [0.1, 0.15) is 25.8 Å². The van der Waals surface area contributed by atoms with Gasteiger partial charge in [-0.1, -0.05) is 13.0 Å². The molecule has 0 aliphatic rings. The Hall–Kier alpha value is -1.43. The molecule has 0 aliphatic carbocycles. The first-order valence-corrected chi connectivity index (χ1v) is 4.86. The lowest BCUT2D eigenvalue weighted by Gasteiger charge is -2.19. The lowest BCUT2D eigenvalue weighted by atomic mass is 9.83. The predicted molar refractivity (Wildman–Crippen MR) is 54.1 cm³/mol. The highest BCUT2D eigenvalue weighted by Crippen LogP contribution is 2.25. The molecule has 0 radical (unpaired) electrons. The molecule has 0 amide bonds. The first-order valence-electron chi connectivity index (χ1n) is 4.86. The maximum absolute atomic E-state index is 12.9. The summed E-state index contributed by atoms with van der Waals surface area (Å²) in [6, 6.07) is 5.96. The fraction of sp³-hybridized carbons (Fsp3) is 0.417. The van der Waals surface area contributed by atoms with Crippen molar-refractivity contribution in [1.29, 1.82) is 5.26 Å². The number of rotatable bonds is 3. The molecular formula is C12H13F2N. The van der Waals surface area contributed by atoms with Crippen LogP contribution in [0.4, 0.5) is 8.78 Å². The maximum atomic E-state index is 12.9. The third-order valence-electron chi connectivity index (χ3n) is 2.63. The highest BCUT2D eigenvalue weighted by Gasteiger charge is 2.22. The average molecular weight is 209 g/mol. The third-order valence-corrected chi connectivity index (χ3v) is 2.63. The van der Waals surface area contributed by atoms with E-state index in [0.29, 0.717) is 18.4 Å². The van der Waals surface area contributed by atoms with Crippen LogP contribution in [-0.4, -0.2) is 0 Å². The molecule has 0 bridgehead atoms. The molecule has 1 unspecified atom stereocenters. The summed E-state index contributed by atoms with van der Waals surface area (Å²) in [6.07, 6.45) is 1.12. The van der Waals surface area contributed by atoms with Crippen LogP contribution in [0.3, 0.4) is 0 Å². The summed E-state index contributed by atoms with van der Waals surface area (Å²) in [5, 5.41) is 8.95. The molecule has 3 heteroatoms. The topological polar surface area (TPSA) is 23.8 Å². The van der Waals surface area contributed by atoms with E-state index in [1.54, 1.807) is 0 Å². The summed E-state index contributed by atoms with van der Waals surface area (Å²) < 4.78 is 25.6. The monoisotopic (exact) mass is 209 g/mol. The first kappa shape index (κ1) is 11.6. The Bertz CT molecular complexity index is 395. The van der Waals surface area contributed by atoms with Crippen molar-refractivity contribution in [3.05, 3.63) is 35.4 Å². The van der Waals surface area contributed by atoms with Crippen LogP contribution in [0, 0.1) is 28.4 Å². The molecule has 0 aromatic heterocycles. The second-order valence-corrected chi connectivity index (χ2v) is 3.95. The van der Waals surface area contributed by atoms with E-state index in [0.717, 1.165) is 12.1 Å². The summed E-state index contributed by atoms with van der Waals surface area (Å²) in [5.74, 6) is -1.71. The van der Waals surface area contributed by atoms with E-state index in [-0.39, 0.29) is 0 Å². The SMILES string of the molecule is CCC(C)(C#N)Cc1ccc(F)c(F)c1. The molecular weight excluding hydrogens is 196 g/mol. The third kappa shape index (κ3) is 2.76. The molecule has 1 nitrogen and oxygen atoms in total. The summed E-state index contributed by atoms with van der Waals surface area (Å²) >= 11 is 0. The van der Waals surface area contributed by atoms with Crippen molar-refractivity contribution in [2.45, 2.75) is 26.7 Å². The minimum atomic E-state index is -0.858. The molecule has 0 N–H and O–H groups in total. The highest BCUT2D eigenvalue weighted by atomic mass is 19.2. The van der Waals surface area contributed by atoms with Crippen molar-refractivity contribution >= 4 is 0 Å². The molecule has 1 aromatic carbocycles. The Morgan fingerprint density at radius 2 is 2.00 bits per heavy atom. The molecule has 0 heterocycles. The number of nitrogens with zero attached hydrogens (tertiary/aromatic N) is 1. The van der Waals surface area contributed by atoms with Gasteiger partial charge >= 0.3 is 0 Å². The fourth-order valence-corrected chi connectivity index (χ4v) is 1.34. The fourth-order valence-electron chi connectivity index (χ4n) is 1.34. The van der Waals surface area contributed by atoms with E-state index in [2.05, 4.69) is 6.07 Å². The standard InChI is InChI=1S/C12H13F2N/c1-3-12(2,8-15)7-9-4-5-10(13)11(14)6-9/h4-6H,3,7H2,1-2H3. The predicted octanol–water partition coefficient (Wildman–Crippen LogP) is 3.45. The molecule has 0 saturated carbocycles. The average Bonchev–Trinajstić information content (AvgIpc) is 2.23. The molecule has 80 valence electrons. The van der Waals surface area contributed by atoms with Crippen molar-refractivity contribution in [2.75, 3.05) is 0 Å². The molecule has 15 heavy (non-hydrogen) atoms. The van der Waals surface area contributed by atoms with Crippen molar-refractivity contribution in [1.82, 2.24) is 0 Å². The smallest absolute Gasteiger partial charge is 0.159 e. The van der Waals surface area contributed by atoms with Crippen LogP contribution in [0.5, 0.6) is 0 Å². The van der Waals surface area contributed by atoms with Crippen molar-refractivity contribution in [2.24, 2.45) is 5.41 Å². The van der Waals surface area contributed by atoms with E-state index in [9.17, 15) is 8.78 Å².